The summed E-state index contributed by atoms with van der Waals surface area (Å²) in [5, 5.41) is 14.3. The van der Waals surface area contributed by atoms with Crippen molar-refractivity contribution < 1.29 is 5.11 Å². The molecule has 1 fully saturated rings. The minimum Gasteiger partial charge on any atom is -0.397 e. The van der Waals surface area contributed by atoms with Crippen LogP contribution < -0.4 is 11.1 Å². The second kappa shape index (κ2) is 5.03. The van der Waals surface area contributed by atoms with Gasteiger partial charge in [-0.3, -0.25) is 0 Å². The second-order valence-electron chi connectivity index (χ2n) is 4.16. The van der Waals surface area contributed by atoms with Gasteiger partial charge in [-0.25, -0.2) is 4.98 Å². The van der Waals surface area contributed by atoms with Gasteiger partial charge in [-0.2, -0.15) is 0 Å². The van der Waals surface area contributed by atoms with Crippen molar-refractivity contribution in [2.45, 2.75) is 23.5 Å². The first kappa shape index (κ1) is 11.7. The highest BCUT2D eigenvalue weighted by Gasteiger charge is 2.29. The fourth-order valence-electron chi connectivity index (χ4n) is 1.76. The van der Waals surface area contributed by atoms with Crippen LogP contribution in [0.5, 0.6) is 0 Å². The number of nitrogens with one attached hydrogen (secondary N) is 1. The van der Waals surface area contributed by atoms with E-state index in [1.54, 1.807) is 6.20 Å². The Morgan fingerprint density at radius 2 is 2.25 bits per heavy atom. The number of nitrogens with zero attached hydrogens (tertiary/aromatic N) is 1. The molecule has 0 radical (unpaired) electrons. The maximum Gasteiger partial charge on any atom is 0.119 e. The van der Waals surface area contributed by atoms with Gasteiger partial charge >= 0.3 is 0 Å². The molecule has 2 heterocycles. The zero-order chi connectivity index (χ0) is 11.4. The Morgan fingerprint density at radius 1 is 1.50 bits per heavy atom. The molecule has 0 unspecified atom stereocenters. The minimum atomic E-state index is -0.570. The average molecular weight is 239 g/mol. The number of hydrogen-bond acceptors (Lipinski definition) is 5. The lowest BCUT2D eigenvalue weighted by molar-refractivity contribution is 0.0339. The number of nitrogens with two attached hydrogens (primary N) is 1. The summed E-state index contributed by atoms with van der Waals surface area (Å²) in [7, 11) is 0. The van der Waals surface area contributed by atoms with E-state index in [1.807, 2.05) is 12.1 Å². The third-order valence-corrected chi connectivity index (χ3v) is 4.11. The van der Waals surface area contributed by atoms with Crippen molar-refractivity contribution in [2.24, 2.45) is 0 Å². The van der Waals surface area contributed by atoms with E-state index < -0.39 is 5.60 Å². The predicted octanol–water partition coefficient (Wildman–Crippen LogP) is 0.870. The van der Waals surface area contributed by atoms with Gasteiger partial charge in [-0.15, -0.1) is 11.8 Å². The quantitative estimate of drug-likeness (QED) is 0.683. The van der Waals surface area contributed by atoms with Gasteiger partial charge in [0.05, 0.1) is 11.3 Å². The van der Waals surface area contributed by atoms with Crippen molar-refractivity contribution >= 4 is 17.4 Å². The fourth-order valence-corrected chi connectivity index (χ4v) is 2.83. The van der Waals surface area contributed by atoms with Crippen LogP contribution in [0.2, 0.25) is 0 Å². The Hall–Kier alpha value is -0.780. The van der Waals surface area contributed by atoms with Crippen LogP contribution in [0.3, 0.4) is 0 Å². The molecule has 1 saturated heterocycles. The third kappa shape index (κ3) is 2.87. The first-order valence-corrected chi connectivity index (χ1v) is 6.45. The zero-order valence-corrected chi connectivity index (χ0v) is 9.96. The zero-order valence-electron chi connectivity index (χ0n) is 9.15. The molecule has 0 saturated carbocycles. The number of thioether (sulfide) groups is 1. The summed E-state index contributed by atoms with van der Waals surface area (Å²) in [5.41, 5.74) is 5.92. The fraction of sp³-hybridized carbons (Fsp3) is 0.545. The number of pyridine rings is 1. The Labute approximate surface area is 99.6 Å². The molecule has 0 amide bonds. The SMILES string of the molecule is Nc1cccnc1SCC1(O)CCNCC1. The number of nitrogen functional groups attached to an aromatic ring is 1. The maximum absolute atomic E-state index is 10.3. The van der Waals surface area contributed by atoms with Gasteiger partial charge in [0.1, 0.15) is 5.03 Å². The predicted molar refractivity (Wildman–Crippen MR) is 66.4 cm³/mol. The van der Waals surface area contributed by atoms with E-state index in [0.29, 0.717) is 11.4 Å². The molecule has 1 aliphatic heterocycles. The van der Waals surface area contributed by atoms with E-state index >= 15 is 0 Å². The maximum atomic E-state index is 10.3. The Balaban J connectivity index is 1.94. The van der Waals surface area contributed by atoms with Gasteiger partial charge in [-0.05, 0) is 38.1 Å². The van der Waals surface area contributed by atoms with Crippen LogP contribution in [0.25, 0.3) is 0 Å². The average Bonchev–Trinajstić information content (AvgIpc) is 2.29. The Morgan fingerprint density at radius 3 is 2.94 bits per heavy atom. The van der Waals surface area contributed by atoms with Crippen molar-refractivity contribution in [3.05, 3.63) is 18.3 Å². The number of anilines is 1. The number of rotatable bonds is 3. The summed E-state index contributed by atoms with van der Waals surface area (Å²) in [6.45, 7) is 1.77. The summed E-state index contributed by atoms with van der Waals surface area (Å²) < 4.78 is 0. The molecule has 0 spiro atoms. The summed E-state index contributed by atoms with van der Waals surface area (Å²) in [5.74, 6) is 0.663. The van der Waals surface area contributed by atoms with Crippen LogP contribution in [0.4, 0.5) is 5.69 Å². The first-order valence-electron chi connectivity index (χ1n) is 5.46. The second-order valence-corrected chi connectivity index (χ2v) is 5.12. The van der Waals surface area contributed by atoms with Gasteiger partial charge in [0.2, 0.25) is 0 Å². The largest absolute Gasteiger partial charge is 0.397 e. The minimum absolute atomic E-state index is 0.570. The molecule has 88 valence electrons. The summed E-state index contributed by atoms with van der Waals surface area (Å²) in [6, 6.07) is 3.65. The summed E-state index contributed by atoms with van der Waals surface area (Å²) in [6.07, 6.45) is 3.32. The standard InChI is InChI=1S/C11H17N3OS/c12-9-2-1-5-14-10(9)16-8-11(15)3-6-13-7-4-11/h1-2,5,13,15H,3-4,6-8,12H2. The number of aliphatic hydroxyl groups is 1. The molecule has 16 heavy (non-hydrogen) atoms. The van der Waals surface area contributed by atoms with Crippen molar-refractivity contribution in [3.63, 3.8) is 0 Å². The third-order valence-electron chi connectivity index (χ3n) is 2.81. The monoisotopic (exact) mass is 239 g/mol. The highest BCUT2D eigenvalue weighted by Crippen LogP contribution is 2.29. The molecule has 2 rings (SSSR count). The van der Waals surface area contributed by atoms with Gasteiger partial charge < -0.3 is 16.2 Å². The molecule has 1 aromatic rings. The van der Waals surface area contributed by atoms with Crippen LogP contribution in [0, 0.1) is 0 Å². The smallest absolute Gasteiger partial charge is 0.119 e. The highest BCUT2D eigenvalue weighted by molar-refractivity contribution is 7.99. The number of piperidine rings is 1. The van der Waals surface area contributed by atoms with E-state index in [4.69, 9.17) is 5.73 Å². The van der Waals surface area contributed by atoms with Gasteiger partial charge in [0, 0.05) is 11.9 Å². The highest BCUT2D eigenvalue weighted by atomic mass is 32.2. The molecule has 0 aliphatic carbocycles. The van der Waals surface area contributed by atoms with Crippen molar-refractivity contribution in [1.29, 1.82) is 0 Å². The van der Waals surface area contributed by atoms with Crippen LogP contribution >= 0.6 is 11.8 Å². The molecule has 1 aromatic heterocycles. The normalized spacial score (nSPS) is 19.6. The first-order chi connectivity index (χ1) is 7.70. The van der Waals surface area contributed by atoms with E-state index in [-0.39, 0.29) is 0 Å². The van der Waals surface area contributed by atoms with Crippen molar-refractivity contribution in [3.8, 4) is 0 Å². The number of aromatic nitrogens is 1. The lowest BCUT2D eigenvalue weighted by atomic mass is 9.95. The van der Waals surface area contributed by atoms with E-state index in [0.717, 1.165) is 31.0 Å². The van der Waals surface area contributed by atoms with Gasteiger partial charge in [0.15, 0.2) is 0 Å². The topological polar surface area (TPSA) is 71.2 Å². The molecule has 0 bridgehead atoms. The molecular weight excluding hydrogens is 222 g/mol. The molecule has 5 heteroatoms. The van der Waals surface area contributed by atoms with Crippen molar-refractivity contribution in [2.75, 3.05) is 24.6 Å². The van der Waals surface area contributed by atoms with Gasteiger partial charge in [0.25, 0.3) is 0 Å². The van der Waals surface area contributed by atoms with E-state index in [1.165, 1.54) is 11.8 Å². The van der Waals surface area contributed by atoms with Crippen LogP contribution in [-0.2, 0) is 0 Å². The lowest BCUT2D eigenvalue weighted by Gasteiger charge is -2.32. The Kier molecular flexibility index (Phi) is 3.68. The molecule has 4 N–H and O–H groups in total. The van der Waals surface area contributed by atoms with Gasteiger partial charge in [-0.1, -0.05) is 0 Å². The number of hydrogen-bond donors (Lipinski definition) is 3. The molecule has 4 nitrogen and oxygen atoms in total. The van der Waals surface area contributed by atoms with Crippen LogP contribution in [0.15, 0.2) is 23.4 Å². The Bertz CT molecular complexity index is 353. The lowest BCUT2D eigenvalue weighted by Crippen LogP contribution is -2.43. The van der Waals surface area contributed by atoms with Crippen molar-refractivity contribution in [1.82, 2.24) is 10.3 Å². The molecule has 1 aliphatic rings. The summed E-state index contributed by atoms with van der Waals surface area (Å²) >= 11 is 1.54. The molecule has 0 atom stereocenters. The summed E-state index contributed by atoms with van der Waals surface area (Å²) in [4.78, 5) is 4.21. The molecule has 0 aromatic carbocycles. The molecular formula is C11H17N3OS. The van der Waals surface area contributed by atoms with Crippen LogP contribution in [-0.4, -0.2) is 34.5 Å². The van der Waals surface area contributed by atoms with E-state index in [2.05, 4.69) is 10.3 Å². The van der Waals surface area contributed by atoms with E-state index in [9.17, 15) is 5.11 Å². The van der Waals surface area contributed by atoms with Crippen LogP contribution in [0.1, 0.15) is 12.8 Å².